The molecule has 94 valence electrons. The van der Waals surface area contributed by atoms with E-state index in [9.17, 15) is 9.59 Å². The summed E-state index contributed by atoms with van der Waals surface area (Å²) in [6.07, 6.45) is 3.33. The molecule has 1 heterocycles. The Bertz CT molecular complexity index is 584. The van der Waals surface area contributed by atoms with Crippen molar-refractivity contribution in [1.82, 2.24) is 9.13 Å². The number of esters is 1. The average Bonchev–Trinajstić information content (AvgIpc) is 2.71. The lowest BCUT2D eigenvalue weighted by Crippen LogP contribution is -2.24. The number of carbonyl (C=O) groups excluding carboxylic acids is 1. The van der Waals surface area contributed by atoms with Gasteiger partial charge >= 0.3 is 11.7 Å². The smallest absolute Gasteiger partial charge is 0.338 e. The molecule has 0 N–H and O–H groups in total. The summed E-state index contributed by atoms with van der Waals surface area (Å²) in [5.74, 6) is -0.375. The van der Waals surface area contributed by atoms with Crippen LogP contribution in [0.4, 0.5) is 0 Å². The quantitative estimate of drug-likeness (QED) is 0.757. The molecule has 0 saturated heterocycles. The first-order valence-electron chi connectivity index (χ1n) is 5.62. The van der Waals surface area contributed by atoms with E-state index in [1.54, 1.807) is 43.7 Å². The molecule has 0 bridgehead atoms. The van der Waals surface area contributed by atoms with Gasteiger partial charge in [-0.2, -0.15) is 0 Å². The van der Waals surface area contributed by atoms with Crippen molar-refractivity contribution in [3.05, 3.63) is 58.8 Å². The molecule has 1 aromatic heterocycles. The second kappa shape index (κ2) is 5.35. The van der Waals surface area contributed by atoms with Crippen LogP contribution in [0.1, 0.15) is 10.4 Å². The highest BCUT2D eigenvalue weighted by Gasteiger charge is 2.06. The van der Waals surface area contributed by atoms with Crippen molar-refractivity contribution < 1.29 is 9.53 Å². The summed E-state index contributed by atoms with van der Waals surface area (Å²) in [4.78, 5) is 23.1. The minimum Gasteiger partial charge on any atom is -0.460 e. The van der Waals surface area contributed by atoms with Crippen LogP contribution in [0.2, 0.25) is 0 Å². The van der Waals surface area contributed by atoms with Crippen molar-refractivity contribution in [3.8, 4) is 0 Å². The van der Waals surface area contributed by atoms with E-state index >= 15 is 0 Å². The number of imidazole rings is 1. The van der Waals surface area contributed by atoms with E-state index in [-0.39, 0.29) is 18.3 Å². The lowest BCUT2D eigenvalue weighted by Gasteiger charge is -2.04. The Labute approximate surface area is 104 Å². The number of benzene rings is 1. The molecule has 5 heteroatoms. The summed E-state index contributed by atoms with van der Waals surface area (Å²) in [6, 6.07) is 8.77. The number of carbonyl (C=O) groups is 1. The van der Waals surface area contributed by atoms with Crippen LogP contribution in [0.15, 0.2) is 47.5 Å². The average molecular weight is 246 g/mol. The lowest BCUT2D eigenvalue weighted by molar-refractivity contribution is 0.0490. The van der Waals surface area contributed by atoms with Crippen LogP contribution >= 0.6 is 0 Å². The lowest BCUT2D eigenvalue weighted by atomic mass is 10.2. The van der Waals surface area contributed by atoms with Crippen molar-refractivity contribution >= 4 is 5.97 Å². The van der Waals surface area contributed by atoms with Gasteiger partial charge in [0.05, 0.1) is 12.1 Å². The van der Waals surface area contributed by atoms with Crippen molar-refractivity contribution in [3.63, 3.8) is 0 Å². The Morgan fingerprint density at radius 3 is 2.56 bits per heavy atom. The summed E-state index contributed by atoms with van der Waals surface area (Å²) in [7, 11) is 1.68. The maximum Gasteiger partial charge on any atom is 0.338 e. The summed E-state index contributed by atoms with van der Waals surface area (Å²) in [5.41, 5.74) is 0.392. The number of aromatic nitrogens is 2. The molecule has 2 rings (SSSR count). The fraction of sp³-hybridized carbons (Fsp3) is 0.231. The van der Waals surface area contributed by atoms with Crippen LogP contribution in [0, 0.1) is 0 Å². The predicted molar refractivity (Wildman–Crippen MR) is 66.4 cm³/mol. The molecule has 0 saturated carbocycles. The maximum absolute atomic E-state index is 11.6. The van der Waals surface area contributed by atoms with Gasteiger partial charge in [-0.3, -0.25) is 4.57 Å². The summed E-state index contributed by atoms with van der Waals surface area (Å²) < 4.78 is 8.06. The molecule has 5 nitrogen and oxygen atoms in total. The molecule has 0 aliphatic rings. The molecule has 18 heavy (non-hydrogen) atoms. The molecule has 2 aromatic rings. The molecule has 0 aliphatic heterocycles. The summed E-state index contributed by atoms with van der Waals surface area (Å²) in [6.45, 7) is 0.538. The Morgan fingerprint density at radius 1 is 1.22 bits per heavy atom. The van der Waals surface area contributed by atoms with Gasteiger partial charge in [-0.15, -0.1) is 0 Å². The molecule has 0 atom stereocenters. The van der Waals surface area contributed by atoms with Crippen molar-refractivity contribution in [2.24, 2.45) is 7.05 Å². The highest BCUT2D eigenvalue weighted by Crippen LogP contribution is 2.00. The number of rotatable bonds is 4. The van der Waals surface area contributed by atoms with Gasteiger partial charge in [0.2, 0.25) is 0 Å². The highest BCUT2D eigenvalue weighted by molar-refractivity contribution is 5.89. The molecule has 0 aliphatic carbocycles. The zero-order valence-electron chi connectivity index (χ0n) is 10.1. The number of nitrogens with zero attached hydrogens (tertiary/aromatic N) is 2. The fourth-order valence-electron chi connectivity index (χ4n) is 1.58. The van der Waals surface area contributed by atoms with Gasteiger partial charge in [-0.05, 0) is 12.1 Å². The first-order chi connectivity index (χ1) is 8.68. The summed E-state index contributed by atoms with van der Waals surface area (Å²) >= 11 is 0. The predicted octanol–water partition coefficient (Wildman–Crippen LogP) is 1.04. The molecule has 0 fully saturated rings. The second-order valence-corrected chi connectivity index (χ2v) is 3.89. The minimum atomic E-state index is -0.375. The van der Waals surface area contributed by atoms with E-state index in [4.69, 9.17) is 4.74 Å². The van der Waals surface area contributed by atoms with Crippen LogP contribution in [0.25, 0.3) is 0 Å². The molecule has 1 aromatic carbocycles. The highest BCUT2D eigenvalue weighted by atomic mass is 16.5. The van der Waals surface area contributed by atoms with Gasteiger partial charge < -0.3 is 9.30 Å². The first kappa shape index (κ1) is 12.2. The Balaban J connectivity index is 1.88. The summed E-state index contributed by atoms with van der Waals surface area (Å²) in [5, 5.41) is 0. The minimum absolute atomic E-state index is 0.120. The van der Waals surface area contributed by atoms with Crippen LogP contribution in [0.5, 0.6) is 0 Å². The zero-order chi connectivity index (χ0) is 13.0. The number of hydrogen-bond acceptors (Lipinski definition) is 3. The monoisotopic (exact) mass is 246 g/mol. The third-order valence-corrected chi connectivity index (χ3v) is 2.59. The van der Waals surface area contributed by atoms with E-state index in [1.165, 1.54) is 9.13 Å². The second-order valence-electron chi connectivity index (χ2n) is 3.89. The third kappa shape index (κ3) is 2.68. The van der Waals surface area contributed by atoms with E-state index in [2.05, 4.69) is 0 Å². The third-order valence-electron chi connectivity index (χ3n) is 2.59. The Kier molecular flexibility index (Phi) is 3.62. The van der Waals surface area contributed by atoms with E-state index < -0.39 is 0 Å². The van der Waals surface area contributed by atoms with Crippen molar-refractivity contribution in [2.75, 3.05) is 6.61 Å². The van der Waals surface area contributed by atoms with Crippen LogP contribution in [-0.2, 0) is 18.3 Å². The van der Waals surface area contributed by atoms with Gasteiger partial charge in [0.1, 0.15) is 6.61 Å². The topological polar surface area (TPSA) is 53.2 Å². The first-order valence-corrected chi connectivity index (χ1v) is 5.62. The van der Waals surface area contributed by atoms with Crippen molar-refractivity contribution in [2.45, 2.75) is 6.54 Å². The normalized spacial score (nSPS) is 10.3. The molecular formula is C13H14N2O3. The Hall–Kier alpha value is -2.30. The van der Waals surface area contributed by atoms with Gasteiger partial charge in [0.15, 0.2) is 0 Å². The van der Waals surface area contributed by atoms with Crippen LogP contribution in [-0.4, -0.2) is 21.7 Å². The standard InChI is InChI=1S/C13H14N2O3/c1-14-7-8-15(13(14)17)9-10-18-12(16)11-5-3-2-4-6-11/h2-8H,9-10H2,1H3. The number of aryl methyl sites for hydroxylation is 1. The SMILES string of the molecule is Cn1ccn(CCOC(=O)c2ccccc2)c1=O. The number of hydrogen-bond donors (Lipinski definition) is 0. The van der Waals surface area contributed by atoms with Gasteiger partial charge in [0, 0.05) is 19.4 Å². The Morgan fingerprint density at radius 2 is 1.94 bits per heavy atom. The number of ether oxygens (including phenoxy) is 1. The molecule has 0 unspecified atom stereocenters. The molecule has 0 amide bonds. The van der Waals surface area contributed by atoms with Crippen LogP contribution in [0.3, 0.4) is 0 Å². The van der Waals surface area contributed by atoms with E-state index in [1.807, 2.05) is 6.07 Å². The van der Waals surface area contributed by atoms with Crippen molar-refractivity contribution in [1.29, 1.82) is 0 Å². The molecule has 0 spiro atoms. The van der Waals surface area contributed by atoms with Gasteiger partial charge in [0.25, 0.3) is 0 Å². The van der Waals surface area contributed by atoms with Gasteiger partial charge in [-0.1, -0.05) is 18.2 Å². The molecular weight excluding hydrogens is 232 g/mol. The largest absolute Gasteiger partial charge is 0.460 e. The van der Waals surface area contributed by atoms with Crippen LogP contribution < -0.4 is 5.69 Å². The fourth-order valence-corrected chi connectivity index (χ4v) is 1.58. The van der Waals surface area contributed by atoms with E-state index in [0.717, 1.165) is 0 Å². The van der Waals surface area contributed by atoms with E-state index in [0.29, 0.717) is 12.1 Å². The maximum atomic E-state index is 11.6. The zero-order valence-corrected chi connectivity index (χ0v) is 10.1. The molecule has 0 radical (unpaired) electrons. The van der Waals surface area contributed by atoms with Gasteiger partial charge in [-0.25, -0.2) is 9.59 Å².